The lowest BCUT2D eigenvalue weighted by Crippen LogP contribution is -2.38. The van der Waals surface area contributed by atoms with Gasteiger partial charge in [-0.25, -0.2) is 4.79 Å². The van der Waals surface area contributed by atoms with E-state index >= 15 is 0 Å². The number of carboxylic acids is 1. The van der Waals surface area contributed by atoms with Crippen LogP contribution in [0.4, 0.5) is 0 Å². The van der Waals surface area contributed by atoms with Crippen LogP contribution in [-0.4, -0.2) is 47.5 Å². The molecule has 0 aliphatic heterocycles. The van der Waals surface area contributed by atoms with Crippen molar-refractivity contribution in [2.45, 2.75) is 6.04 Å². The number of carboxylic acid groups (broad SMARTS) is 1. The van der Waals surface area contributed by atoms with E-state index in [1.54, 1.807) is 6.08 Å². The monoisotopic (exact) mass is 246 g/mol. The van der Waals surface area contributed by atoms with Gasteiger partial charge in [0, 0.05) is 12.3 Å². The van der Waals surface area contributed by atoms with E-state index in [1.165, 1.54) is 0 Å². The van der Waals surface area contributed by atoms with Gasteiger partial charge in [-0.15, -0.1) is 18.3 Å². The average Bonchev–Trinajstić information content (AvgIpc) is 2.25. The molecule has 0 heterocycles. The van der Waals surface area contributed by atoms with Gasteiger partial charge in [0.15, 0.2) is 0 Å². The van der Waals surface area contributed by atoms with Crippen LogP contribution in [0.2, 0.25) is 0 Å². The van der Waals surface area contributed by atoms with Crippen molar-refractivity contribution in [1.82, 2.24) is 10.6 Å². The minimum atomic E-state index is -1.12. The van der Waals surface area contributed by atoms with Crippen LogP contribution in [0.5, 0.6) is 0 Å². The Hall–Kier alpha value is -1.50. The summed E-state index contributed by atoms with van der Waals surface area (Å²) in [6.45, 7) is 3.82. The molecule has 0 aromatic heterocycles. The van der Waals surface area contributed by atoms with Crippen molar-refractivity contribution in [2.75, 3.05) is 18.1 Å². The zero-order valence-corrected chi connectivity index (χ0v) is 9.46. The van der Waals surface area contributed by atoms with E-state index in [9.17, 15) is 14.4 Å². The lowest BCUT2D eigenvalue weighted by molar-refractivity contribution is -0.139. The van der Waals surface area contributed by atoms with E-state index in [4.69, 9.17) is 5.11 Å². The summed E-state index contributed by atoms with van der Waals surface area (Å²) in [7, 11) is 0. The van der Waals surface area contributed by atoms with E-state index in [-0.39, 0.29) is 17.4 Å². The summed E-state index contributed by atoms with van der Waals surface area (Å²) < 4.78 is 0. The van der Waals surface area contributed by atoms with Gasteiger partial charge >= 0.3 is 5.97 Å². The zero-order valence-electron chi connectivity index (χ0n) is 8.64. The highest BCUT2D eigenvalue weighted by atomic mass is 32.2. The number of carbonyl (C=O) groups excluding carboxylic acids is 2. The Labute approximate surface area is 97.5 Å². The summed E-state index contributed by atoms with van der Waals surface area (Å²) in [4.78, 5) is 31.8. The summed E-state index contributed by atoms with van der Waals surface area (Å²) in [5, 5.41) is 13.4. The van der Waals surface area contributed by atoms with Gasteiger partial charge in [-0.1, -0.05) is 6.08 Å². The molecule has 0 spiro atoms. The van der Waals surface area contributed by atoms with Crippen molar-refractivity contribution in [3.05, 3.63) is 12.7 Å². The molecule has 6 nitrogen and oxygen atoms in total. The second-order valence-electron chi connectivity index (χ2n) is 2.78. The van der Waals surface area contributed by atoms with Gasteiger partial charge in [0.1, 0.15) is 6.04 Å². The van der Waals surface area contributed by atoms with Crippen molar-refractivity contribution < 1.29 is 19.5 Å². The number of hydrogen-bond donors (Lipinski definition) is 3. The van der Waals surface area contributed by atoms with Crippen molar-refractivity contribution in [3.63, 3.8) is 0 Å². The number of amides is 2. The largest absolute Gasteiger partial charge is 0.480 e. The normalized spacial score (nSPS) is 11.2. The average molecular weight is 246 g/mol. The van der Waals surface area contributed by atoms with Gasteiger partial charge in [0.25, 0.3) is 0 Å². The number of carbonyl (C=O) groups is 3. The van der Waals surface area contributed by atoms with Crippen molar-refractivity contribution in [1.29, 1.82) is 0 Å². The fourth-order valence-electron chi connectivity index (χ4n) is 0.779. The van der Waals surface area contributed by atoms with E-state index in [0.717, 1.165) is 11.8 Å². The van der Waals surface area contributed by atoms with E-state index in [2.05, 4.69) is 17.2 Å². The molecule has 0 radical (unpaired) electrons. The van der Waals surface area contributed by atoms with Crippen LogP contribution < -0.4 is 10.6 Å². The second kappa shape index (κ2) is 8.78. The van der Waals surface area contributed by atoms with Gasteiger partial charge in [-0.2, -0.15) is 0 Å². The third-order valence-electron chi connectivity index (χ3n) is 1.53. The summed E-state index contributed by atoms with van der Waals surface area (Å²) in [5.74, 6) is -1.01. The Morgan fingerprint density at radius 3 is 2.69 bits per heavy atom. The van der Waals surface area contributed by atoms with Crippen LogP contribution in [0.1, 0.15) is 0 Å². The molecule has 0 aromatic carbocycles. The molecular weight excluding hydrogens is 232 g/mol. The molecule has 0 aliphatic rings. The molecule has 90 valence electrons. The fraction of sp³-hybridized carbons (Fsp3) is 0.444. The highest BCUT2D eigenvalue weighted by molar-refractivity contribution is 8.00. The third kappa shape index (κ3) is 6.88. The maximum absolute atomic E-state index is 11.1. The maximum Gasteiger partial charge on any atom is 0.327 e. The molecule has 0 aliphatic carbocycles. The first-order valence-electron chi connectivity index (χ1n) is 4.49. The Morgan fingerprint density at radius 2 is 2.19 bits per heavy atom. The molecule has 7 heteroatoms. The molecule has 0 saturated carbocycles. The van der Waals surface area contributed by atoms with Crippen molar-refractivity contribution in [3.8, 4) is 0 Å². The summed E-state index contributed by atoms with van der Waals surface area (Å²) in [6.07, 6.45) is 1.88. The van der Waals surface area contributed by atoms with E-state index in [1.807, 2.05) is 0 Å². The van der Waals surface area contributed by atoms with Gasteiger partial charge in [0.05, 0.1) is 5.75 Å². The SMILES string of the molecule is C=CCNC(=O)CSCC(NC=O)C(=O)O. The number of rotatable bonds is 9. The Balaban J connectivity index is 3.76. The smallest absolute Gasteiger partial charge is 0.327 e. The third-order valence-corrected chi connectivity index (χ3v) is 2.56. The molecule has 0 fully saturated rings. The first-order valence-corrected chi connectivity index (χ1v) is 5.65. The predicted octanol–water partition coefficient (Wildman–Crippen LogP) is -0.779. The van der Waals surface area contributed by atoms with Crippen molar-refractivity contribution in [2.24, 2.45) is 0 Å². The first-order chi connectivity index (χ1) is 7.61. The maximum atomic E-state index is 11.1. The fourth-order valence-corrected chi connectivity index (χ4v) is 1.66. The van der Waals surface area contributed by atoms with Gasteiger partial charge in [-0.3, -0.25) is 9.59 Å². The van der Waals surface area contributed by atoms with Gasteiger partial charge in [-0.05, 0) is 0 Å². The number of thioether (sulfide) groups is 1. The Morgan fingerprint density at radius 1 is 1.50 bits per heavy atom. The minimum Gasteiger partial charge on any atom is -0.480 e. The standard InChI is InChI=1S/C9H14N2O4S/c1-2-3-10-8(13)5-16-4-7(9(14)15)11-6-12/h2,6-7H,1,3-5H2,(H,10,13)(H,11,12)(H,14,15). The Bertz CT molecular complexity index is 270. The highest BCUT2D eigenvalue weighted by Crippen LogP contribution is 2.02. The highest BCUT2D eigenvalue weighted by Gasteiger charge is 2.16. The van der Waals surface area contributed by atoms with Crippen LogP contribution >= 0.6 is 11.8 Å². The molecule has 0 aromatic rings. The zero-order chi connectivity index (χ0) is 12.4. The van der Waals surface area contributed by atoms with Gasteiger partial charge < -0.3 is 15.7 Å². The number of nitrogens with one attached hydrogen (secondary N) is 2. The van der Waals surface area contributed by atoms with E-state index < -0.39 is 12.0 Å². The first kappa shape index (κ1) is 14.5. The lowest BCUT2D eigenvalue weighted by Gasteiger charge is -2.10. The Kier molecular flexibility index (Phi) is 7.96. The molecule has 2 amide bonds. The molecule has 0 bridgehead atoms. The van der Waals surface area contributed by atoms with Crippen molar-refractivity contribution >= 4 is 30.0 Å². The summed E-state index contributed by atoms with van der Waals surface area (Å²) in [6, 6.07) is -0.963. The summed E-state index contributed by atoms with van der Waals surface area (Å²) >= 11 is 1.14. The molecule has 0 rings (SSSR count). The van der Waals surface area contributed by atoms with Crippen LogP contribution in [0.15, 0.2) is 12.7 Å². The van der Waals surface area contributed by atoms with Gasteiger partial charge in [0.2, 0.25) is 12.3 Å². The molecule has 3 N–H and O–H groups in total. The molecule has 1 unspecified atom stereocenters. The molecule has 1 atom stereocenters. The second-order valence-corrected chi connectivity index (χ2v) is 3.81. The lowest BCUT2D eigenvalue weighted by atomic mass is 10.3. The molecular formula is C9H14N2O4S. The van der Waals surface area contributed by atoms with E-state index in [0.29, 0.717) is 13.0 Å². The summed E-state index contributed by atoms with van der Waals surface area (Å²) in [5.41, 5.74) is 0. The van der Waals surface area contributed by atoms with Crippen LogP contribution in [0.25, 0.3) is 0 Å². The van der Waals surface area contributed by atoms with Crippen LogP contribution in [-0.2, 0) is 14.4 Å². The van der Waals surface area contributed by atoms with Crippen LogP contribution in [0.3, 0.4) is 0 Å². The number of hydrogen-bond acceptors (Lipinski definition) is 4. The number of aliphatic carboxylic acids is 1. The van der Waals surface area contributed by atoms with Crippen LogP contribution in [0, 0.1) is 0 Å². The predicted molar refractivity (Wildman–Crippen MR) is 61.2 cm³/mol. The molecule has 16 heavy (non-hydrogen) atoms. The minimum absolute atomic E-state index is 0.148. The topological polar surface area (TPSA) is 95.5 Å². The molecule has 0 saturated heterocycles. The quantitative estimate of drug-likeness (QED) is 0.366.